The molecule has 5 unspecified atom stereocenters. The van der Waals surface area contributed by atoms with Crippen molar-refractivity contribution in [3.63, 3.8) is 0 Å². The monoisotopic (exact) mass is 1150 g/mol. The minimum atomic E-state index is -0.0393. The van der Waals surface area contributed by atoms with Crippen LogP contribution in [0, 0.1) is 33.5 Å². The smallest absolute Gasteiger partial charge is 0.0819 e. The Kier molecular flexibility index (Phi) is 15.7. The lowest BCUT2D eigenvalue weighted by Crippen LogP contribution is -2.67. The molecule has 3 aromatic rings. The van der Waals surface area contributed by atoms with Crippen LogP contribution in [-0.2, 0) is 21.7 Å². The van der Waals surface area contributed by atoms with Gasteiger partial charge in [-0.3, -0.25) is 0 Å². The first-order valence-electron chi connectivity index (χ1n) is 33.3. The Balaban J connectivity index is 0.808. The Bertz CT molecular complexity index is 2760. The van der Waals surface area contributed by atoms with Crippen LogP contribution < -0.4 is 27.4 Å². The Morgan fingerprint density at radius 3 is 1.80 bits per heavy atom. The van der Waals surface area contributed by atoms with Crippen molar-refractivity contribution in [1.82, 2.24) is 20.9 Å². The summed E-state index contributed by atoms with van der Waals surface area (Å²) < 4.78 is 0. The molecule has 3 aromatic carbocycles. The van der Waals surface area contributed by atoms with Gasteiger partial charge >= 0.3 is 0 Å². The van der Waals surface area contributed by atoms with Crippen molar-refractivity contribution in [3.8, 4) is 0 Å². The van der Waals surface area contributed by atoms with Crippen LogP contribution in [0.4, 0.5) is 0 Å². The molecule has 14 rings (SSSR count). The van der Waals surface area contributed by atoms with Gasteiger partial charge in [0.05, 0.1) is 15.0 Å². The van der Waals surface area contributed by atoms with Gasteiger partial charge in [0.15, 0.2) is 0 Å². The maximum absolute atomic E-state index is 6.89. The Hall–Kier alpha value is -2.79. The minimum Gasteiger partial charge on any atom is -0.377 e. The molecule has 8 bridgehead atoms. The molecule has 9 heteroatoms. The third kappa shape index (κ3) is 11.1. The highest BCUT2D eigenvalue weighted by atomic mass is 32.1. The van der Waals surface area contributed by atoms with Crippen LogP contribution in [0.2, 0.25) is 0 Å². The van der Waals surface area contributed by atoms with Crippen molar-refractivity contribution in [2.45, 2.75) is 259 Å². The van der Waals surface area contributed by atoms with Gasteiger partial charge in [-0.25, -0.2) is 0 Å². The zero-order valence-electron chi connectivity index (χ0n) is 50.2. The summed E-state index contributed by atoms with van der Waals surface area (Å²) in [5.74, 6) is 1.80. The topological polar surface area (TPSA) is 91.4 Å². The first-order valence-corrected chi connectivity index (χ1v) is 34.5. The Morgan fingerprint density at radius 2 is 1.12 bits per heavy atom. The van der Waals surface area contributed by atoms with Gasteiger partial charge in [-0.2, -0.15) is 0 Å². The number of benzene rings is 3. The molecule has 11 aliphatic rings. The molecular weight excluding hydrogens is 1050 g/mol. The van der Waals surface area contributed by atoms with E-state index in [1.807, 2.05) is 0 Å². The van der Waals surface area contributed by atoms with Gasteiger partial charge in [0, 0.05) is 42.7 Å². The number of hydrogen-bond acceptors (Lipinski definition) is 6. The number of thiocarbonyl (C=S) groups is 3. The second-order valence-corrected chi connectivity index (χ2v) is 32.9. The third-order valence-corrected chi connectivity index (χ3v) is 26.4. The largest absolute Gasteiger partial charge is 0.377 e. The van der Waals surface area contributed by atoms with Gasteiger partial charge in [-0.1, -0.05) is 149 Å². The summed E-state index contributed by atoms with van der Waals surface area (Å²) in [4.78, 5) is 5.93. The van der Waals surface area contributed by atoms with Crippen LogP contribution in [0.15, 0.2) is 78.9 Å². The third-order valence-electron chi connectivity index (χ3n) is 25.1. The van der Waals surface area contributed by atoms with E-state index in [4.69, 9.17) is 48.1 Å². The standard InChI is InChI=1S/C72H102N6S3/c1-65-31-7-33-68(42-65,40-50(39-65)11-26-62(80)78-37-29-58(74)30-38-78)54-17-19-56(20-18-54)71-44-66(2)43-70(47-71,48-72(45-66,49-71)64(81)77-59-23-21-57(73)22-24-59)55-15-12-51(13-16-55)63-52(14-25-61(79)76-60-27-35-75-36-28-60)41-69(53-9-5-4-6-10-53)34-8-32-67(63,3)46-69/h4-6,9-10,12-13,15-20,50,52,57-60,63,75H,7-8,11,14,21-49,73-74H2,1-3H3,(H,76,79)(H,77,81)/t50?,52?,57?,59?,63?,65-,66+,67+,68-,69-,70+,71?,72?/m1/s1. The molecule has 0 radical (unpaired) electrons. The average Bonchev–Trinajstić information content (AvgIpc) is 3.64. The van der Waals surface area contributed by atoms with Crippen LogP contribution in [0.3, 0.4) is 0 Å². The fraction of sp³-hybridized carbons (Fsp3) is 0.708. The summed E-state index contributed by atoms with van der Waals surface area (Å²) in [6, 6.07) is 34.7. The molecule has 0 aromatic heterocycles. The first-order chi connectivity index (χ1) is 38.9. The second kappa shape index (κ2) is 22.2. The van der Waals surface area contributed by atoms with Gasteiger partial charge in [0.2, 0.25) is 0 Å². The predicted molar refractivity (Wildman–Crippen MR) is 348 cm³/mol. The van der Waals surface area contributed by atoms with E-state index in [0.29, 0.717) is 41.4 Å². The fourth-order valence-corrected chi connectivity index (χ4v) is 23.6. The zero-order valence-corrected chi connectivity index (χ0v) is 52.7. The van der Waals surface area contributed by atoms with E-state index in [1.54, 1.807) is 27.8 Å². The molecule has 81 heavy (non-hydrogen) atoms. The number of likely N-dealkylation sites (tertiary alicyclic amines) is 1. The molecule has 6 nitrogen and oxygen atoms in total. The lowest BCUT2D eigenvalue weighted by molar-refractivity contribution is -0.105. The van der Waals surface area contributed by atoms with Gasteiger partial charge in [0.25, 0.3) is 0 Å². The first kappa shape index (κ1) is 57.3. The summed E-state index contributed by atoms with van der Waals surface area (Å²) in [6.07, 6.45) is 35.1. The average molecular weight is 1150 g/mol. The van der Waals surface area contributed by atoms with Crippen molar-refractivity contribution in [1.29, 1.82) is 0 Å². The normalized spacial score (nSPS) is 40.4. The van der Waals surface area contributed by atoms with E-state index in [9.17, 15) is 0 Å². The molecule has 2 heterocycles. The summed E-state index contributed by atoms with van der Waals surface area (Å²) in [6.45, 7) is 12.3. The van der Waals surface area contributed by atoms with Crippen molar-refractivity contribution >= 4 is 51.6 Å². The number of piperidine rings is 2. The number of fused-ring (bicyclic) bond motifs is 4. The molecule has 438 valence electrons. The van der Waals surface area contributed by atoms with E-state index in [0.717, 1.165) is 114 Å². The summed E-state index contributed by atoms with van der Waals surface area (Å²) in [5.41, 5.74) is 22.1. The quantitative estimate of drug-likeness (QED) is 0.101. The van der Waals surface area contributed by atoms with Gasteiger partial charge in [-0.15, -0.1) is 0 Å². The number of nitrogens with zero attached hydrogens (tertiary/aromatic N) is 1. The van der Waals surface area contributed by atoms with E-state index in [1.165, 1.54) is 119 Å². The van der Waals surface area contributed by atoms with Crippen molar-refractivity contribution < 1.29 is 0 Å². The Morgan fingerprint density at radius 1 is 0.543 bits per heavy atom. The molecule has 11 fully saturated rings. The molecule has 7 N–H and O–H groups in total. The zero-order chi connectivity index (χ0) is 55.9. The molecule has 11 atom stereocenters. The van der Waals surface area contributed by atoms with Crippen molar-refractivity contribution in [3.05, 3.63) is 107 Å². The predicted octanol–water partition coefficient (Wildman–Crippen LogP) is 15.3. The molecule has 9 saturated carbocycles. The molecule has 0 spiro atoms. The van der Waals surface area contributed by atoms with Crippen LogP contribution in [-0.4, -0.2) is 70.2 Å². The molecule has 0 amide bonds. The highest BCUT2D eigenvalue weighted by molar-refractivity contribution is 7.80. The van der Waals surface area contributed by atoms with Crippen LogP contribution in [0.5, 0.6) is 0 Å². The molecular formula is C72H102N6S3. The molecule has 2 saturated heterocycles. The fourth-order valence-electron chi connectivity index (χ4n) is 22.6. The van der Waals surface area contributed by atoms with Gasteiger partial charge in [-0.05, 0) is 270 Å². The molecule has 2 aliphatic heterocycles. The summed E-state index contributed by atoms with van der Waals surface area (Å²) >= 11 is 19.3. The number of hydrogen-bond donors (Lipinski definition) is 5. The number of rotatable bonds is 14. The second-order valence-electron chi connectivity index (χ2n) is 31.6. The summed E-state index contributed by atoms with van der Waals surface area (Å²) in [5, 5.41) is 11.6. The van der Waals surface area contributed by atoms with Crippen molar-refractivity contribution in [2.75, 3.05) is 26.2 Å². The minimum absolute atomic E-state index is 0.0393. The summed E-state index contributed by atoms with van der Waals surface area (Å²) in [7, 11) is 0. The SMILES string of the molecule is C[C@@]12CCC[C@@](c3ccc(C45CC6(C(=S)NC7CCC(N)CC7)C[C@](C)(C4)C[C@@](c4ccc(C7C(CCC(=S)NC8CCNCC8)C[C@]8(c9ccccc9)CCC[C@@]7(C)C8)cc4)(C6)C5)cc3)(CC(CCC(=S)N3CCC(N)CC3)C1)C2. The maximum Gasteiger partial charge on any atom is 0.0819 e. The van der Waals surface area contributed by atoms with Gasteiger partial charge in [0.1, 0.15) is 0 Å². The van der Waals surface area contributed by atoms with Crippen LogP contribution in [0.1, 0.15) is 241 Å². The maximum atomic E-state index is 6.89. The van der Waals surface area contributed by atoms with Crippen LogP contribution in [0.25, 0.3) is 0 Å². The lowest BCUT2D eigenvalue weighted by Gasteiger charge is -2.70. The van der Waals surface area contributed by atoms with Crippen molar-refractivity contribution in [2.24, 2.45) is 45.0 Å². The highest BCUT2D eigenvalue weighted by Crippen LogP contribution is 2.75. The van der Waals surface area contributed by atoms with E-state index in [-0.39, 0.29) is 37.9 Å². The van der Waals surface area contributed by atoms with E-state index < -0.39 is 0 Å². The van der Waals surface area contributed by atoms with E-state index in [2.05, 4.69) is 120 Å². The number of nitrogens with one attached hydrogen (secondary N) is 3. The van der Waals surface area contributed by atoms with E-state index >= 15 is 0 Å². The molecule has 9 aliphatic carbocycles. The van der Waals surface area contributed by atoms with Crippen LogP contribution >= 0.6 is 36.7 Å². The highest BCUT2D eigenvalue weighted by Gasteiger charge is 2.69. The van der Waals surface area contributed by atoms with Gasteiger partial charge < -0.3 is 32.3 Å². The number of nitrogens with two attached hydrogens (primary N) is 2. The Labute approximate surface area is 505 Å². The lowest BCUT2D eigenvalue weighted by atomic mass is 9.34.